The van der Waals surface area contributed by atoms with Crippen LogP contribution in [0.1, 0.15) is 16.8 Å². The molecule has 7 heteroatoms. The molecule has 1 amide bonds. The van der Waals surface area contributed by atoms with Crippen molar-refractivity contribution in [1.29, 1.82) is 0 Å². The van der Waals surface area contributed by atoms with Gasteiger partial charge < -0.3 is 9.80 Å². The van der Waals surface area contributed by atoms with Crippen molar-refractivity contribution in [3.8, 4) is 11.4 Å². The summed E-state index contributed by atoms with van der Waals surface area (Å²) in [5, 5.41) is 12.0. The maximum absolute atomic E-state index is 12.7. The number of aryl methyl sites for hydroxylation is 1. The first-order valence-electron chi connectivity index (χ1n) is 7.96. The lowest BCUT2D eigenvalue weighted by Crippen LogP contribution is -2.35. The normalized spacial score (nSPS) is 24.2. The van der Waals surface area contributed by atoms with Gasteiger partial charge in [-0.1, -0.05) is 12.1 Å². The van der Waals surface area contributed by atoms with E-state index < -0.39 is 0 Å². The number of aromatic nitrogens is 4. The van der Waals surface area contributed by atoms with Gasteiger partial charge in [-0.15, -0.1) is 10.2 Å². The number of carbonyl (C=O) groups excluding carboxylic acids is 1. The molecule has 1 aromatic carbocycles. The van der Waals surface area contributed by atoms with Crippen LogP contribution in [0, 0.1) is 5.92 Å². The Bertz CT molecular complexity index is 724. The second-order valence-corrected chi connectivity index (χ2v) is 6.49. The van der Waals surface area contributed by atoms with Crippen molar-refractivity contribution >= 4 is 5.91 Å². The summed E-state index contributed by atoms with van der Waals surface area (Å²) in [6.07, 6.45) is 1.20. The summed E-state index contributed by atoms with van der Waals surface area (Å²) in [6.45, 7) is 2.87. The van der Waals surface area contributed by atoms with Crippen LogP contribution in [-0.2, 0) is 7.05 Å². The van der Waals surface area contributed by atoms with Gasteiger partial charge in [0.25, 0.3) is 5.91 Å². The highest BCUT2D eigenvalue weighted by atomic mass is 16.2. The number of likely N-dealkylation sites (N-methyl/N-ethyl adjacent to an activating group) is 1. The molecule has 0 N–H and O–H groups in total. The third-order valence-corrected chi connectivity index (χ3v) is 5.01. The lowest BCUT2D eigenvalue weighted by atomic mass is 10.1. The van der Waals surface area contributed by atoms with E-state index in [0.717, 1.165) is 30.8 Å². The van der Waals surface area contributed by atoms with Crippen LogP contribution in [0.4, 0.5) is 0 Å². The summed E-state index contributed by atoms with van der Waals surface area (Å²) in [6, 6.07) is 8.00. The first-order valence-corrected chi connectivity index (χ1v) is 7.96. The topological polar surface area (TPSA) is 67.2 Å². The van der Waals surface area contributed by atoms with Crippen molar-refractivity contribution in [3.63, 3.8) is 0 Å². The Labute approximate surface area is 134 Å². The molecule has 3 heterocycles. The number of likely N-dealkylation sites (tertiary alicyclic amines) is 2. The summed E-state index contributed by atoms with van der Waals surface area (Å²) in [4.78, 5) is 18.5. The van der Waals surface area contributed by atoms with E-state index in [0.29, 0.717) is 17.8 Å². The molecule has 7 nitrogen and oxygen atoms in total. The molecule has 2 aliphatic heterocycles. The average molecular weight is 312 g/mol. The van der Waals surface area contributed by atoms with E-state index in [1.165, 1.54) is 11.2 Å². The molecule has 2 saturated heterocycles. The summed E-state index contributed by atoms with van der Waals surface area (Å²) in [7, 11) is 3.89. The minimum atomic E-state index is 0.117. The van der Waals surface area contributed by atoms with Gasteiger partial charge >= 0.3 is 0 Å². The third-order valence-electron chi connectivity index (χ3n) is 5.01. The summed E-state index contributed by atoms with van der Waals surface area (Å²) >= 11 is 0. The van der Waals surface area contributed by atoms with Gasteiger partial charge in [-0.05, 0) is 43.3 Å². The van der Waals surface area contributed by atoms with Gasteiger partial charge in [0.1, 0.15) is 0 Å². The van der Waals surface area contributed by atoms with Crippen molar-refractivity contribution in [2.75, 3.05) is 26.7 Å². The number of tetrazole rings is 1. The number of carbonyl (C=O) groups is 1. The molecular formula is C16H20N6O. The van der Waals surface area contributed by atoms with E-state index in [-0.39, 0.29) is 5.91 Å². The lowest BCUT2D eigenvalue weighted by molar-refractivity contribution is 0.0774. The van der Waals surface area contributed by atoms with Crippen LogP contribution in [-0.4, -0.2) is 68.6 Å². The van der Waals surface area contributed by atoms with Crippen LogP contribution >= 0.6 is 0 Å². The van der Waals surface area contributed by atoms with Gasteiger partial charge in [0.05, 0.1) is 7.05 Å². The van der Waals surface area contributed by atoms with Gasteiger partial charge in [0.15, 0.2) is 0 Å². The molecule has 120 valence electrons. The van der Waals surface area contributed by atoms with Crippen LogP contribution in [0.25, 0.3) is 11.4 Å². The maximum Gasteiger partial charge on any atom is 0.253 e. The Morgan fingerprint density at radius 3 is 2.61 bits per heavy atom. The second kappa shape index (κ2) is 5.42. The molecule has 2 aliphatic rings. The Morgan fingerprint density at radius 1 is 1.17 bits per heavy atom. The van der Waals surface area contributed by atoms with E-state index in [2.05, 4.69) is 27.4 Å². The number of benzene rings is 1. The predicted molar refractivity (Wildman–Crippen MR) is 84.7 cm³/mol. The van der Waals surface area contributed by atoms with E-state index in [1.807, 2.05) is 29.2 Å². The first-order chi connectivity index (χ1) is 11.1. The van der Waals surface area contributed by atoms with Crippen LogP contribution in [0.3, 0.4) is 0 Å². The molecule has 2 atom stereocenters. The number of hydrogen-bond donors (Lipinski definition) is 0. The predicted octanol–water partition coefficient (Wildman–Crippen LogP) is 0.653. The molecule has 0 saturated carbocycles. The molecule has 0 radical (unpaired) electrons. The van der Waals surface area contributed by atoms with Crippen molar-refractivity contribution in [3.05, 3.63) is 29.8 Å². The van der Waals surface area contributed by atoms with Crippen molar-refractivity contribution in [2.45, 2.75) is 12.5 Å². The van der Waals surface area contributed by atoms with Crippen LogP contribution in [0.15, 0.2) is 24.3 Å². The Hall–Kier alpha value is -2.28. The standard InChI is InChI=1S/C16H20N6O/c1-20-8-7-13-9-22(10-14(13)20)16(23)12-5-3-11(4-6-12)15-17-19-21(2)18-15/h3-6,13-14H,7-10H2,1-2H3/t13-,14+/m1/s1. The largest absolute Gasteiger partial charge is 0.337 e. The fourth-order valence-corrected chi connectivity index (χ4v) is 3.68. The summed E-state index contributed by atoms with van der Waals surface area (Å²) < 4.78 is 0. The third kappa shape index (κ3) is 2.50. The Morgan fingerprint density at radius 2 is 1.96 bits per heavy atom. The molecule has 4 rings (SSSR count). The Balaban J connectivity index is 1.49. The molecule has 2 fully saturated rings. The molecule has 1 aromatic heterocycles. The van der Waals surface area contributed by atoms with Crippen molar-refractivity contribution in [2.24, 2.45) is 13.0 Å². The fraction of sp³-hybridized carbons (Fsp3) is 0.500. The highest BCUT2D eigenvalue weighted by Crippen LogP contribution is 2.31. The number of nitrogens with zero attached hydrogens (tertiary/aromatic N) is 6. The van der Waals surface area contributed by atoms with Crippen molar-refractivity contribution < 1.29 is 4.79 Å². The minimum Gasteiger partial charge on any atom is -0.337 e. The van der Waals surface area contributed by atoms with Gasteiger partial charge in [0.2, 0.25) is 5.82 Å². The van der Waals surface area contributed by atoms with Gasteiger partial charge in [-0.3, -0.25) is 4.79 Å². The average Bonchev–Trinajstić information content (AvgIpc) is 3.25. The van der Waals surface area contributed by atoms with Gasteiger partial charge in [0, 0.05) is 30.3 Å². The highest BCUT2D eigenvalue weighted by molar-refractivity contribution is 5.94. The molecule has 0 bridgehead atoms. The zero-order chi connectivity index (χ0) is 16.0. The fourth-order valence-electron chi connectivity index (χ4n) is 3.68. The summed E-state index contributed by atoms with van der Waals surface area (Å²) in [5.41, 5.74) is 1.59. The highest BCUT2D eigenvalue weighted by Gasteiger charge is 2.41. The molecular weight excluding hydrogens is 292 g/mol. The quantitative estimate of drug-likeness (QED) is 0.815. The SMILES string of the molecule is CN1CC[C@@H]2CN(C(=O)c3ccc(-c4nnn(C)n4)cc3)C[C@@H]21. The van der Waals surface area contributed by atoms with Crippen LogP contribution in [0.2, 0.25) is 0 Å². The molecule has 0 spiro atoms. The van der Waals surface area contributed by atoms with Gasteiger partial charge in [-0.25, -0.2) is 0 Å². The minimum absolute atomic E-state index is 0.117. The molecule has 2 aromatic rings. The van der Waals surface area contributed by atoms with Crippen LogP contribution in [0.5, 0.6) is 0 Å². The number of hydrogen-bond acceptors (Lipinski definition) is 5. The first kappa shape index (κ1) is 14.3. The Kier molecular flexibility index (Phi) is 3.37. The van der Waals surface area contributed by atoms with E-state index >= 15 is 0 Å². The van der Waals surface area contributed by atoms with Gasteiger partial charge in [-0.2, -0.15) is 4.80 Å². The molecule has 23 heavy (non-hydrogen) atoms. The second-order valence-electron chi connectivity index (χ2n) is 6.49. The van der Waals surface area contributed by atoms with Crippen LogP contribution < -0.4 is 0 Å². The molecule has 0 unspecified atom stereocenters. The van der Waals surface area contributed by atoms with Crippen molar-refractivity contribution in [1.82, 2.24) is 30.0 Å². The maximum atomic E-state index is 12.7. The number of rotatable bonds is 2. The zero-order valence-corrected chi connectivity index (χ0v) is 13.4. The lowest BCUT2D eigenvalue weighted by Gasteiger charge is -2.20. The molecule has 0 aliphatic carbocycles. The smallest absolute Gasteiger partial charge is 0.253 e. The summed E-state index contributed by atoms with van der Waals surface area (Å²) in [5.74, 6) is 1.32. The number of fused-ring (bicyclic) bond motifs is 1. The van der Waals surface area contributed by atoms with E-state index in [9.17, 15) is 4.79 Å². The number of amides is 1. The zero-order valence-electron chi connectivity index (χ0n) is 13.4. The monoisotopic (exact) mass is 312 g/mol. The van der Waals surface area contributed by atoms with E-state index in [1.54, 1.807) is 7.05 Å². The van der Waals surface area contributed by atoms with E-state index in [4.69, 9.17) is 0 Å².